The molecule has 1 heterocycles. The van der Waals surface area contributed by atoms with E-state index in [2.05, 4.69) is 4.74 Å². The molecule has 5 N–H and O–H groups in total. The molecule has 0 bridgehead atoms. The molecular formula is C6H12O6. The fourth-order valence-electron chi connectivity index (χ4n) is 1.15. The van der Waals surface area contributed by atoms with Crippen molar-refractivity contribution >= 4 is 0 Å². The minimum absolute atomic E-state index is 0.527. The molecule has 1 unspecified atom stereocenters. The minimum Gasteiger partial charge on any atom is -0.394 e. The lowest BCUT2D eigenvalue weighted by Crippen LogP contribution is -2.46. The molecule has 0 aromatic heterocycles. The van der Waals surface area contributed by atoms with Gasteiger partial charge in [-0.2, -0.15) is 0 Å². The van der Waals surface area contributed by atoms with Crippen molar-refractivity contribution in [3.05, 3.63) is 0 Å². The van der Waals surface area contributed by atoms with Crippen LogP contribution in [0.2, 0.25) is 0 Å². The Kier molecular flexibility index (Phi) is 2.67. The van der Waals surface area contributed by atoms with E-state index in [1.54, 1.807) is 0 Å². The highest BCUT2D eigenvalue weighted by Gasteiger charge is 2.52. The van der Waals surface area contributed by atoms with Crippen LogP contribution in [0.3, 0.4) is 0 Å². The second-order valence-corrected chi connectivity index (χ2v) is 2.78. The van der Waals surface area contributed by atoms with Gasteiger partial charge in [0.25, 0.3) is 0 Å². The smallest absolute Gasteiger partial charge is 0.219 e. The molecule has 1 fully saturated rings. The molecule has 6 heteroatoms. The fourth-order valence-corrected chi connectivity index (χ4v) is 1.15. The van der Waals surface area contributed by atoms with Gasteiger partial charge in [0.1, 0.15) is 18.3 Å². The molecule has 1 saturated heterocycles. The van der Waals surface area contributed by atoms with E-state index in [4.69, 9.17) is 20.4 Å². The van der Waals surface area contributed by atoms with Crippen LogP contribution in [0.25, 0.3) is 0 Å². The van der Waals surface area contributed by atoms with Gasteiger partial charge in [0.15, 0.2) is 0 Å². The molecule has 1 aliphatic heterocycles. The highest BCUT2D eigenvalue weighted by Crippen LogP contribution is 2.28. The van der Waals surface area contributed by atoms with E-state index in [-0.39, 0.29) is 0 Å². The molecule has 1 rings (SSSR count). The van der Waals surface area contributed by atoms with Crippen LogP contribution in [0.4, 0.5) is 0 Å². The second-order valence-electron chi connectivity index (χ2n) is 2.78. The Bertz CT molecular complexity index is 162. The summed E-state index contributed by atoms with van der Waals surface area (Å²) in [6.45, 7) is -1.36. The van der Waals surface area contributed by atoms with Gasteiger partial charge in [-0.25, -0.2) is 0 Å². The number of hydrogen-bond acceptors (Lipinski definition) is 6. The van der Waals surface area contributed by atoms with E-state index < -0.39 is 37.3 Å². The van der Waals surface area contributed by atoms with Crippen LogP contribution in [0.1, 0.15) is 0 Å². The molecule has 0 saturated carbocycles. The standard InChI is InChI=1S/C6H12O6/c7-1-3-4(9)5(10)6(11,2-8)12-3/h3-5,7-11H,1-2H2/t3-,4?,5-,6-/m1/s1. The van der Waals surface area contributed by atoms with Crippen molar-refractivity contribution in [2.24, 2.45) is 0 Å². The summed E-state index contributed by atoms with van der Waals surface area (Å²) in [5.41, 5.74) is 0. The molecular weight excluding hydrogens is 168 g/mol. The average Bonchev–Trinajstić information content (AvgIpc) is 2.31. The second kappa shape index (κ2) is 3.25. The molecule has 0 aromatic rings. The zero-order chi connectivity index (χ0) is 9.35. The Labute approximate surface area is 68.6 Å². The van der Waals surface area contributed by atoms with Crippen molar-refractivity contribution in [1.29, 1.82) is 0 Å². The highest BCUT2D eigenvalue weighted by molar-refractivity contribution is 4.94. The third kappa shape index (κ3) is 1.33. The molecule has 4 atom stereocenters. The number of ether oxygens (including phenoxy) is 1. The predicted molar refractivity (Wildman–Crippen MR) is 36.0 cm³/mol. The first kappa shape index (κ1) is 9.85. The maximum Gasteiger partial charge on any atom is 0.219 e. The Morgan fingerprint density at radius 1 is 1.25 bits per heavy atom. The van der Waals surface area contributed by atoms with Crippen molar-refractivity contribution in [3.8, 4) is 0 Å². The largest absolute Gasteiger partial charge is 0.394 e. The van der Waals surface area contributed by atoms with E-state index in [9.17, 15) is 5.11 Å². The van der Waals surface area contributed by atoms with Gasteiger partial charge in [-0.3, -0.25) is 0 Å². The van der Waals surface area contributed by atoms with E-state index >= 15 is 0 Å². The molecule has 72 valence electrons. The number of aliphatic hydroxyl groups excluding tert-OH is 4. The summed E-state index contributed by atoms with van der Waals surface area (Å²) in [5, 5.41) is 44.7. The summed E-state index contributed by atoms with van der Waals surface area (Å²) in [5.74, 6) is -2.16. The summed E-state index contributed by atoms with van der Waals surface area (Å²) >= 11 is 0. The molecule has 0 spiro atoms. The van der Waals surface area contributed by atoms with E-state index in [1.807, 2.05) is 0 Å². The fraction of sp³-hybridized carbons (Fsp3) is 1.00. The predicted octanol–water partition coefficient (Wildman–Crippen LogP) is -3.22. The Morgan fingerprint density at radius 3 is 2.08 bits per heavy atom. The van der Waals surface area contributed by atoms with E-state index in [0.29, 0.717) is 0 Å². The van der Waals surface area contributed by atoms with Crippen molar-refractivity contribution in [3.63, 3.8) is 0 Å². The lowest BCUT2D eigenvalue weighted by Gasteiger charge is -2.22. The topological polar surface area (TPSA) is 110 Å². The van der Waals surface area contributed by atoms with Crippen LogP contribution in [-0.4, -0.2) is 62.8 Å². The summed E-state index contributed by atoms with van der Waals surface area (Å²) < 4.78 is 4.63. The minimum atomic E-state index is -2.16. The lowest BCUT2D eigenvalue weighted by atomic mass is 10.1. The van der Waals surface area contributed by atoms with Gasteiger partial charge in [-0.1, -0.05) is 0 Å². The molecule has 6 nitrogen and oxygen atoms in total. The third-order valence-corrected chi connectivity index (χ3v) is 1.93. The third-order valence-electron chi connectivity index (χ3n) is 1.93. The number of aliphatic hydroxyl groups is 5. The van der Waals surface area contributed by atoms with Gasteiger partial charge in [0, 0.05) is 0 Å². The Balaban J connectivity index is 2.72. The van der Waals surface area contributed by atoms with Gasteiger partial charge in [-0.15, -0.1) is 0 Å². The quantitative estimate of drug-likeness (QED) is 0.306. The zero-order valence-electron chi connectivity index (χ0n) is 6.29. The first-order chi connectivity index (χ1) is 5.55. The van der Waals surface area contributed by atoms with Crippen molar-refractivity contribution < 1.29 is 30.3 Å². The van der Waals surface area contributed by atoms with E-state index in [1.165, 1.54) is 0 Å². The summed E-state index contributed by atoms with van der Waals surface area (Å²) in [6, 6.07) is 0. The summed E-state index contributed by atoms with van der Waals surface area (Å²) in [7, 11) is 0. The van der Waals surface area contributed by atoms with Gasteiger partial charge < -0.3 is 30.3 Å². The van der Waals surface area contributed by atoms with Crippen molar-refractivity contribution in [1.82, 2.24) is 0 Å². The zero-order valence-corrected chi connectivity index (χ0v) is 6.29. The summed E-state index contributed by atoms with van der Waals surface area (Å²) in [6.07, 6.45) is -4.04. The monoisotopic (exact) mass is 180 g/mol. The van der Waals surface area contributed by atoms with Crippen LogP contribution in [0, 0.1) is 0 Å². The van der Waals surface area contributed by atoms with E-state index in [0.717, 1.165) is 0 Å². The SMILES string of the molecule is OC[C@H]1O[C@](O)(CO)[C@H](O)C1O. The van der Waals surface area contributed by atoms with Crippen molar-refractivity contribution in [2.75, 3.05) is 13.2 Å². The van der Waals surface area contributed by atoms with Crippen LogP contribution >= 0.6 is 0 Å². The molecule has 1 aliphatic rings. The van der Waals surface area contributed by atoms with Crippen LogP contribution < -0.4 is 0 Å². The number of rotatable bonds is 2. The Hall–Kier alpha value is -0.240. The van der Waals surface area contributed by atoms with Gasteiger partial charge in [0.2, 0.25) is 5.79 Å². The van der Waals surface area contributed by atoms with Crippen LogP contribution in [-0.2, 0) is 4.74 Å². The first-order valence-corrected chi connectivity index (χ1v) is 3.53. The van der Waals surface area contributed by atoms with Gasteiger partial charge >= 0.3 is 0 Å². The highest BCUT2D eigenvalue weighted by atomic mass is 16.7. The average molecular weight is 180 g/mol. The summed E-state index contributed by atoms with van der Waals surface area (Å²) in [4.78, 5) is 0. The molecule has 0 radical (unpaired) electrons. The maximum atomic E-state index is 9.25. The molecule has 12 heavy (non-hydrogen) atoms. The Morgan fingerprint density at radius 2 is 1.83 bits per heavy atom. The molecule has 0 amide bonds. The lowest BCUT2D eigenvalue weighted by molar-refractivity contribution is -0.248. The molecule has 0 aliphatic carbocycles. The molecule has 0 aromatic carbocycles. The first-order valence-electron chi connectivity index (χ1n) is 3.53. The normalized spacial score (nSPS) is 48.2. The van der Waals surface area contributed by atoms with Crippen molar-refractivity contribution in [2.45, 2.75) is 24.1 Å². The number of hydrogen-bond donors (Lipinski definition) is 5. The van der Waals surface area contributed by atoms with Gasteiger partial charge in [-0.05, 0) is 0 Å². The maximum absolute atomic E-state index is 9.25. The van der Waals surface area contributed by atoms with Gasteiger partial charge in [0.05, 0.1) is 13.2 Å². The van der Waals surface area contributed by atoms with Crippen LogP contribution in [0.5, 0.6) is 0 Å². The van der Waals surface area contributed by atoms with Crippen LogP contribution in [0.15, 0.2) is 0 Å².